The molecular weight excluding hydrogens is 468 g/mol. The number of nitrogens with zero attached hydrogens (tertiary/aromatic N) is 1. The zero-order chi connectivity index (χ0) is 24.7. The van der Waals surface area contributed by atoms with Crippen molar-refractivity contribution in [3.05, 3.63) is 78.9 Å². The van der Waals surface area contributed by atoms with Gasteiger partial charge in [0.05, 0.1) is 4.90 Å². The highest BCUT2D eigenvalue weighted by Gasteiger charge is 2.27. The van der Waals surface area contributed by atoms with Crippen LogP contribution in [0.1, 0.15) is 12.8 Å². The molecule has 3 aromatic carbocycles. The van der Waals surface area contributed by atoms with Crippen molar-refractivity contribution in [2.45, 2.75) is 17.7 Å². The average molecular weight is 495 g/mol. The van der Waals surface area contributed by atoms with Gasteiger partial charge in [-0.2, -0.15) is 4.31 Å². The van der Waals surface area contributed by atoms with E-state index < -0.39 is 28.5 Å². The van der Waals surface area contributed by atoms with Gasteiger partial charge in [-0.1, -0.05) is 54.6 Å². The summed E-state index contributed by atoms with van der Waals surface area (Å²) in [5.74, 6) is -0.761. The van der Waals surface area contributed by atoms with E-state index in [2.05, 4.69) is 5.32 Å². The smallest absolute Gasteiger partial charge is 0.344 e. The number of benzene rings is 3. The summed E-state index contributed by atoms with van der Waals surface area (Å²) < 4.78 is 37.5. The van der Waals surface area contributed by atoms with Crippen molar-refractivity contribution >= 4 is 27.6 Å². The third-order valence-corrected chi connectivity index (χ3v) is 7.40. The van der Waals surface area contributed by atoms with Crippen LogP contribution < -0.4 is 10.1 Å². The number of esters is 1. The number of para-hydroxylation sites is 1. The van der Waals surface area contributed by atoms with Gasteiger partial charge in [0.2, 0.25) is 10.0 Å². The minimum atomic E-state index is -3.60. The normalized spacial score (nSPS) is 13.8. The molecule has 1 N–H and O–H groups in total. The van der Waals surface area contributed by atoms with E-state index in [1.165, 1.54) is 16.4 Å². The molecule has 0 bridgehead atoms. The number of nitrogens with one attached hydrogen (secondary N) is 1. The fraction of sp³-hybridized carbons (Fsp3) is 0.231. The fourth-order valence-corrected chi connectivity index (χ4v) is 5.35. The maximum Gasteiger partial charge on any atom is 0.344 e. The third kappa shape index (κ3) is 6.26. The van der Waals surface area contributed by atoms with Crippen LogP contribution in [0.15, 0.2) is 83.8 Å². The van der Waals surface area contributed by atoms with Crippen LogP contribution in [0.4, 0.5) is 5.69 Å². The number of amides is 1. The molecule has 8 nitrogen and oxygen atoms in total. The van der Waals surface area contributed by atoms with E-state index in [0.717, 1.165) is 24.0 Å². The molecule has 182 valence electrons. The van der Waals surface area contributed by atoms with Crippen molar-refractivity contribution in [2.24, 2.45) is 0 Å². The van der Waals surface area contributed by atoms with E-state index in [1.54, 1.807) is 24.3 Å². The van der Waals surface area contributed by atoms with E-state index in [-0.39, 0.29) is 11.5 Å². The van der Waals surface area contributed by atoms with Crippen molar-refractivity contribution in [3.8, 4) is 16.9 Å². The third-order valence-electron chi connectivity index (χ3n) is 5.50. The predicted molar refractivity (Wildman–Crippen MR) is 131 cm³/mol. The summed E-state index contributed by atoms with van der Waals surface area (Å²) in [6, 6.07) is 23.0. The maximum absolute atomic E-state index is 12.7. The quantitative estimate of drug-likeness (QED) is 0.455. The standard InChI is InChI=1S/C26H26N2O6S/c29-25(27-21-11-8-12-22(17-21)35(31,32)28-15-6-7-16-28)18-34-26(30)19-33-24-14-5-4-13-23(24)20-9-2-1-3-10-20/h1-5,8-14,17H,6-7,15-16,18-19H2,(H,27,29). The number of hydrogen-bond acceptors (Lipinski definition) is 6. The van der Waals surface area contributed by atoms with Gasteiger partial charge in [0.1, 0.15) is 5.75 Å². The number of hydrogen-bond donors (Lipinski definition) is 1. The Bertz CT molecular complexity index is 1290. The lowest BCUT2D eigenvalue weighted by Crippen LogP contribution is -2.28. The minimum absolute atomic E-state index is 0.111. The van der Waals surface area contributed by atoms with Gasteiger partial charge < -0.3 is 14.8 Å². The molecule has 1 aliphatic rings. The van der Waals surface area contributed by atoms with Crippen LogP contribution >= 0.6 is 0 Å². The van der Waals surface area contributed by atoms with Crippen LogP contribution in [0, 0.1) is 0 Å². The Morgan fingerprint density at radius 3 is 2.34 bits per heavy atom. The van der Waals surface area contributed by atoms with Crippen LogP contribution in [-0.4, -0.2) is 50.9 Å². The second-order valence-electron chi connectivity index (χ2n) is 8.00. The van der Waals surface area contributed by atoms with Crippen LogP contribution in [0.3, 0.4) is 0 Å². The van der Waals surface area contributed by atoms with Gasteiger partial charge >= 0.3 is 5.97 Å². The van der Waals surface area contributed by atoms with E-state index >= 15 is 0 Å². The molecule has 0 spiro atoms. The lowest BCUT2D eigenvalue weighted by molar-refractivity contribution is -0.149. The van der Waals surface area contributed by atoms with Crippen molar-refractivity contribution < 1.29 is 27.5 Å². The highest BCUT2D eigenvalue weighted by atomic mass is 32.2. The number of carbonyl (C=O) groups excluding carboxylic acids is 2. The molecule has 0 unspecified atom stereocenters. The largest absolute Gasteiger partial charge is 0.481 e. The molecule has 0 atom stereocenters. The highest BCUT2D eigenvalue weighted by Crippen LogP contribution is 2.29. The molecule has 1 saturated heterocycles. The Morgan fingerprint density at radius 1 is 0.857 bits per heavy atom. The molecule has 35 heavy (non-hydrogen) atoms. The first-order valence-electron chi connectivity index (χ1n) is 11.3. The highest BCUT2D eigenvalue weighted by molar-refractivity contribution is 7.89. The maximum atomic E-state index is 12.7. The number of sulfonamides is 1. The average Bonchev–Trinajstić information content (AvgIpc) is 3.43. The molecule has 0 saturated carbocycles. The lowest BCUT2D eigenvalue weighted by atomic mass is 10.1. The van der Waals surface area contributed by atoms with Gasteiger partial charge in [0, 0.05) is 24.3 Å². The SMILES string of the molecule is O=C(COC(=O)COc1ccccc1-c1ccccc1)Nc1cccc(S(=O)(=O)N2CCCC2)c1. The van der Waals surface area contributed by atoms with E-state index in [4.69, 9.17) is 9.47 Å². The Kier molecular flexibility index (Phi) is 7.79. The summed E-state index contributed by atoms with van der Waals surface area (Å²) in [5, 5.41) is 2.56. The van der Waals surface area contributed by atoms with Gasteiger partial charge in [0.15, 0.2) is 13.2 Å². The van der Waals surface area contributed by atoms with Crippen LogP contribution in [0.25, 0.3) is 11.1 Å². The lowest BCUT2D eigenvalue weighted by Gasteiger charge is -2.16. The number of carbonyl (C=O) groups is 2. The van der Waals surface area contributed by atoms with Crippen molar-refractivity contribution in [2.75, 3.05) is 31.6 Å². The van der Waals surface area contributed by atoms with Crippen LogP contribution in [-0.2, 0) is 24.3 Å². The van der Waals surface area contributed by atoms with Crippen LogP contribution in [0.5, 0.6) is 5.75 Å². The monoisotopic (exact) mass is 494 g/mol. The first-order valence-corrected chi connectivity index (χ1v) is 12.7. The summed E-state index contributed by atoms with van der Waals surface area (Å²) in [7, 11) is -3.60. The molecule has 1 aliphatic heterocycles. The number of rotatable bonds is 9. The molecule has 0 aliphatic carbocycles. The molecule has 4 rings (SSSR count). The first kappa shape index (κ1) is 24.4. The van der Waals surface area contributed by atoms with Crippen molar-refractivity contribution in [1.82, 2.24) is 4.31 Å². The van der Waals surface area contributed by atoms with Gasteiger partial charge in [-0.25, -0.2) is 13.2 Å². The molecule has 0 aromatic heterocycles. The van der Waals surface area contributed by atoms with Gasteiger partial charge in [0.25, 0.3) is 5.91 Å². The zero-order valence-corrected chi connectivity index (χ0v) is 19.9. The van der Waals surface area contributed by atoms with E-state index in [1.807, 2.05) is 42.5 Å². The van der Waals surface area contributed by atoms with E-state index in [9.17, 15) is 18.0 Å². The number of ether oxygens (including phenoxy) is 2. The van der Waals surface area contributed by atoms with Crippen molar-refractivity contribution in [1.29, 1.82) is 0 Å². The van der Waals surface area contributed by atoms with E-state index in [0.29, 0.717) is 24.5 Å². The summed E-state index contributed by atoms with van der Waals surface area (Å²) in [5.41, 5.74) is 2.09. The zero-order valence-electron chi connectivity index (χ0n) is 19.1. The molecule has 0 radical (unpaired) electrons. The fourth-order valence-electron chi connectivity index (χ4n) is 3.78. The Balaban J connectivity index is 1.29. The molecule has 1 heterocycles. The van der Waals surface area contributed by atoms with Gasteiger partial charge in [-0.05, 0) is 42.7 Å². The molecule has 1 amide bonds. The molecular formula is C26H26N2O6S. The molecule has 3 aromatic rings. The molecule has 9 heteroatoms. The Morgan fingerprint density at radius 2 is 1.57 bits per heavy atom. The first-order chi connectivity index (χ1) is 16.9. The summed E-state index contributed by atoms with van der Waals surface area (Å²) in [6.07, 6.45) is 1.67. The predicted octanol–water partition coefficient (Wildman–Crippen LogP) is 3.70. The molecule has 1 fully saturated rings. The van der Waals surface area contributed by atoms with Gasteiger partial charge in [-0.15, -0.1) is 0 Å². The number of anilines is 1. The second-order valence-corrected chi connectivity index (χ2v) is 9.94. The van der Waals surface area contributed by atoms with Gasteiger partial charge in [-0.3, -0.25) is 4.79 Å². The summed E-state index contributed by atoms with van der Waals surface area (Å²) in [4.78, 5) is 24.5. The summed E-state index contributed by atoms with van der Waals surface area (Å²) >= 11 is 0. The van der Waals surface area contributed by atoms with Crippen LogP contribution in [0.2, 0.25) is 0 Å². The minimum Gasteiger partial charge on any atom is -0.481 e. The van der Waals surface area contributed by atoms with Crippen molar-refractivity contribution in [3.63, 3.8) is 0 Å². The Labute approximate surface area is 204 Å². The Hall–Kier alpha value is -3.69. The topological polar surface area (TPSA) is 102 Å². The summed E-state index contributed by atoms with van der Waals surface area (Å²) in [6.45, 7) is 0.103. The second kappa shape index (κ2) is 11.2.